The molecule has 8 nitrogen and oxygen atoms in total. The minimum Gasteiger partial charge on any atom is -0.391 e. The van der Waals surface area contributed by atoms with Crippen LogP contribution in [0.2, 0.25) is 0 Å². The Balaban J connectivity index is 1.36. The number of nitrogens with zero attached hydrogens (tertiary/aromatic N) is 6. The number of aliphatic hydroxyl groups excluding tert-OH is 1. The normalized spacial score (nSPS) is 23.2. The number of alkyl halides is 2. The molecule has 2 aliphatic rings. The van der Waals surface area contributed by atoms with Crippen molar-refractivity contribution in [2.75, 3.05) is 18.0 Å². The second kappa shape index (κ2) is 9.64. The second-order valence-electron chi connectivity index (χ2n) is 10.2. The molecule has 5 rings (SSSR count). The summed E-state index contributed by atoms with van der Waals surface area (Å²) in [6.45, 7) is 5.61. The standard InChI is InChI=1S/C25H32F2N6O2/c1-15(2)16-3-5-18(6-4-16)33-13-17(23(30-33)24(26)27)11-21(35)20-12-28-32-10-8-22(29-25(20)32)31-9-7-19(34)14-31/h8,10,12-13,15-16,18-19,24,34H,3-7,9,11,14H2,1-2H3/t16?,18?,19-/m1/s1. The fraction of sp³-hybridized carbons (Fsp3) is 0.600. The Morgan fingerprint density at radius 2 is 1.97 bits per heavy atom. The van der Waals surface area contributed by atoms with E-state index in [4.69, 9.17) is 0 Å². The summed E-state index contributed by atoms with van der Waals surface area (Å²) in [5, 5.41) is 18.3. The Morgan fingerprint density at radius 1 is 1.20 bits per heavy atom. The Labute approximate surface area is 202 Å². The van der Waals surface area contributed by atoms with Crippen molar-refractivity contribution in [1.82, 2.24) is 24.4 Å². The van der Waals surface area contributed by atoms with E-state index in [0.29, 0.717) is 42.8 Å². The van der Waals surface area contributed by atoms with Gasteiger partial charge in [-0.2, -0.15) is 10.2 Å². The van der Waals surface area contributed by atoms with E-state index in [1.807, 2.05) is 4.90 Å². The SMILES string of the molecule is CC(C)C1CCC(n2cc(CC(=O)c3cnn4ccc(N5CC[C@@H](O)C5)nc34)c(C(F)F)n2)CC1. The molecule has 0 radical (unpaired) electrons. The highest BCUT2D eigenvalue weighted by Gasteiger charge is 2.29. The van der Waals surface area contributed by atoms with Crippen LogP contribution in [0.1, 0.15) is 80.0 Å². The van der Waals surface area contributed by atoms with Crippen molar-refractivity contribution >= 4 is 17.2 Å². The topological polar surface area (TPSA) is 88.5 Å². The predicted octanol–water partition coefficient (Wildman–Crippen LogP) is 4.25. The number of fused-ring (bicyclic) bond motifs is 1. The molecule has 3 aromatic heterocycles. The zero-order valence-electron chi connectivity index (χ0n) is 20.1. The van der Waals surface area contributed by atoms with Crippen LogP contribution in [0.5, 0.6) is 0 Å². The van der Waals surface area contributed by atoms with Gasteiger partial charge in [0, 0.05) is 37.5 Å². The van der Waals surface area contributed by atoms with Crippen LogP contribution in [0.4, 0.5) is 14.6 Å². The van der Waals surface area contributed by atoms with Crippen molar-refractivity contribution < 1.29 is 18.7 Å². The van der Waals surface area contributed by atoms with E-state index in [1.54, 1.807) is 23.1 Å². The number of hydrogen-bond donors (Lipinski definition) is 1. The number of rotatable bonds is 7. The van der Waals surface area contributed by atoms with Crippen LogP contribution in [0.3, 0.4) is 0 Å². The van der Waals surface area contributed by atoms with Crippen molar-refractivity contribution in [3.8, 4) is 0 Å². The molecule has 1 N–H and O–H groups in total. The Morgan fingerprint density at radius 3 is 2.63 bits per heavy atom. The van der Waals surface area contributed by atoms with Gasteiger partial charge in [0.05, 0.1) is 23.9 Å². The van der Waals surface area contributed by atoms with Crippen molar-refractivity contribution in [2.24, 2.45) is 11.8 Å². The van der Waals surface area contributed by atoms with Gasteiger partial charge in [-0.3, -0.25) is 9.48 Å². The Bertz CT molecular complexity index is 1200. The van der Waals surface area contributed by atoms with Gasteiger partial charge in [-0.1, -0.05) is 13.8 Å². The van der Waals surface area contributed by atoms with Crippen molar-refractivity contribution in [1.29, 1.82) is 0 Å². The van der Waals surface area contributed by atoms with Gasteiger partial charge >= 0.3 is 0 Å². The number of aliphatic hydroxyl groups is 1. The summed E-state index contributed by atoms with van der Waals surface area (Å²) in [6.07, 6.45) is 6.06. The highest BCUT2D eigenvalue weighted by Crippen LogP contribution is 2.36. The number of hydrogen-bond acceptors (Lipinski definition) is 6. The summed E-state index contributed by atoms with van der Waals surface area (Å²) in [5.74, 6) is 1.61. The van der Waals surface area contributed by atoms with Crippen LogP contribution in [0.25, 0.3) is 5.65 Å². The van der Waals surface area contributed by atoms with E-state index in [-0.39, 0.29) is 35.1 Å². The zero-order valence-corrected chi connectivity index (χ0v) is 20.1. The first-order valence-electron chi connectivity index (χ1n) is 12.5. The molecule has 0 amide bonds. The summed E-state index contributed by atoms with van der Waals surface area (Å²) in [4.78, 5) is 19.8. The monoisotopic (exact) mass is 486 g/mol. The summed E-state index contributed by atoms with van der Waals surface area (Å²) >= 11 is 0. The molecule has 1 saturated carbocycles. The molecule has 3 aromatic rings. The predicted molar refractivity (Wildman–Crippen MR) is 127 cm³/mol. The van der Waals surface area contributed by atoms with Crippen molar-refractivity contribution in [3.63, 3.8) is 0 Å². The minimum atomic E-state index is -2.75. The van der Waals surface area contributed by atoms with Gasteiger partial charge in [0.25, 0.3) is 6.43 Å². The van der Waals surface area contributed by atoms with E-state index >= 15 is 0 Å². The number of halogens is 2. The fourth-order valence-electron chi connectivity index (χ4n) is 5.43. The number of aromatic nitrogens is 5. The highest BCUT2D eigenvalue weighted by molar-refractivity contribution is 6.02. The third kappa shape index (κ3) is 4.80. The van der Waals surface area contributed by atoms with Crippen molar-refractivity contribution in [3.05, 3.63) is 41.5 Å². The fourth-order valence-corrected chi connectivity index (χ4v) is 5.43. The van der Waals surface area contributed by atoms with Crippen LogP contribution in [0, 0.1) is 11.8 Å². The van der Waals surface area contributed by atoms with Crippen molar-refractivity contribution in [2.45, 2.75) is 70.9 Å². The van der Waals surface area contributed by atoms with Gasteiger partial charge in [-0.15, -0.1) is 0 Å². The smallest absolute Gasteiger partial charge is 0.282 e. The molecular weight excluding hydrogens is 454 g/mol. The number of carbonyl (C=O) groups is 1. The maximum Gasteiger partial charge on any atom is 0.282 e. The molecule has 1 saturated heterocycles. The molecule has 1 aliphatic carbocycles. The lowest BCUT2D eigenvalue weighted by atomic mass is 9.80. The number of β-amino-alcohol motifs (C(OH)–C–C–N with tert-alkyl or cyclic N) is 1. The molecule has 4 heterocycles. The molecule has 0 aromatic carbocycles. The first-order valence-corrected chi connectivity index (χ1v) is 12.5. The average molecular weight is 487 g/mol. The third-order valence-electron chi connectivity index (χ3n) is 7.60. The molecule has 188 valence electrons. The number of carbonyl (C=O) groups excluding carboxylic acids is 1. The number of ketones is 1. The first kappa shape index (κ1) is 23.8. The Hall–Kier alpha value is -2.88. The van der Waals surface area contributed by atoms with Gasteiger partial charge < -0.3 is 10.0 Å². The molecular formula is C25H32F2N6O2. The summed E-state index contributed by atoms with van der Waals surface area (Å²) in [6, 6.07) is 1.88. The average Bonchev–Trinajstić information content (AvgIpc) is 3.56. The van der Waals surface area contributed by atoms with Gasteiger partial charge in [0.2, 0.25) is 0 Å². The lowest BCUT2D eigenvalue weighted by Crippen LogP contribution is -2.22. The Kier molecular flexibility index (Phi) is 6.57. The lowest BCUT2D eigenvalue weighted by molar-refractivity contribution is 0.0992. The maximum absolute atomic E-state index is 13.8. The molecule has 35 heavy (non-hydrogen) atoms. The largest absolute Gasteiger partial charge is 0.391 e. The minimum absolute atomic E-state index is 0.0865. The van der Waals surface area contributed by atoms with Gasteiger partial charge in [0.15, 0.2) is 11.4 Å². The summed E-state index contributed by atoms with van der Waals surface area (Å²) < 4.78 is 30.8. The molecule has 2 fully saturated rings. The lowest BCUT2D eigenvalue weighted by Gasteiger charge is -2.30. The summed E-state index contributed by atoms with van der Waals surface area (Å²) in [5.41, 5.74) is 0.610. The highest BCUT2D eigenvalue weighted by atomic mass is 19.3. The zero-order chi connectivity index (χ0) is 24.7. The molecule has 1 atom stereocenters. The molecule has 1 aliphatic heterocycles. The van der Waals surface area contributed by atoms with E-state index in [1.165, 1.54) is 10.7 Å². The molecule has 0 spiro atoms. The molecule has 0 unspecified atom stereocenters. The van der Waals surface area contributed by atoms with Gasteiger partial charge in [-0.05, 0) is 50.0 Å². The van der Waals surface area contributed by atoms with E-state index in [2.05, 4.69) is 29.0 Å². The van der Waals surface area contributed by atoms with Crippen LogP contribution in [-0.2, 0) is 6.42 Å². The van der Waals surface area contributed by atoms with Crippen LogP contribution in [-0.4, -0.2) is 54.5 Å². The first-order chi connectivity index (χ1) is 16.8. The van der Waals surface area contributed by atoms with Gasteiger partial charge in [-0.25, -0.2) is 18.3 Å². The van der Waals surface area contributed by atoms with E-state index in [9.17, 15) is 18.7 Å². The second-order valence-corrected chi connectivity index (χ2v) is 10.2. The number of Topliss-reactive ketones (excluding diaryl/α,β-unsaturated/α-hetero) is 1. The molecule has 0 bridgehead atoms. The van der Waals surface area contributed by atoms with Crippen LogP contribution >= 0.6 is 0 Å². The number of anilines is 1. The van der Waals surface area contributed by atoms with Gasteiger partial charge in [0.1, 0.15) is 11.5 Å². The maximum atomic E-state index is 13.8. The molecule has 10 heteroatoms. The van der Waals surface area contributed by atoms with E-state index < -0.39 is 12.5 Å². The van der Waals surface area contributed by atoms with Crippen LogP contribution < -0.4 is 4.90 Å². The van der Waals surface area contributed by atoms with Crippen LogP contribution in [0.15, 0.2) is 24.7 Å². The summed E-state index contributed by atoms with van der Waals surface area (Å²) in [7, 11) is 0. The van der Waals surface area contributed by atoms with E-state index in [0.717, 1.165) is 25.7 Å². The third-order valence-corrected chi connectivity index (χ3v) is 7.60. The quantitative estimate of drug-likeness (QED) is 0.503.